The van der Waals surface area contributed by atoms with Gasteiger partial charge in [0.1, 0.15) is 0 Å². The number of hydrogen-bond donors (Lipinski definition) is 1. The molecule has 1 aliphatic rings. The largest absolute Gasteiger partial charge is 0.393 e. The zero-order valence-electron chi connectivity index (χ0n) is 11.3. The van der Waals surface area contributed by atoms with Crippen molar-refractivity contribution in [1.29, 1.82) is 0 Å². The summed E-state index contributed by atoms with van der Waals surface area (Å²) in [6.45, 7) is 4.67. The molecule has 1 heterocycles. The Labute approximate surface area is 123 Å². The van der Waals surface area contributed by atoms with Crippen LogP contribution in [-0.2, 0) is 11.3 Å². The Balaban J connectivity index is 2.14. The van der Waals surface area contributed by atoms with E-state index in [0.29, 0.717) is 17.6 Å². The first-order valence-electron chi connectivity index (χ1n) is 6.61. The number of amides is 1. The SMILES string of the molecule is CC(C)C(C(=O)N(Cc1ccsc1)C1CC1)C(N)=S. The molecule has 1 aromatic heterocycles. The molecule has 1 aliphatic carbocycles. The Morgan fingerprint density at radius 3 is 2.68 bits per heavy atom. The van der Waals surface area contributed by atoms with E-state index in [2.05, 4.69) is 11.4 Å². The summed E-state index contributed by atoms with van der Waals surface area (Å²) in [6, 6.07) is 2.45. The van der Waals surface area contributed by atoms with Crippen LogP contribution in [-0.4, -0.2) is 21.8 Å². The van der Waals surface area contributed by atoms with Crippen molar-refractivity contribution in [3.63, 3.8) is 0 Å². The third-order valence-electron chi connectivity index (χ3n) is 3.44. The zero-order valence-corrected chi connectivity index (χ0v) is 13.0. The molecule has 1 atom stereocenters. The molecule has 0 aliphatic heterocycles. The number of thiocarbonyl (C=S) groups is 1. The summed E-state index contributed by atoms with van der Waals surface area (Å²) < 4.78 is 0. The van der Waals surface area contributed by atoms with Crippen molar-refractivity contribution < 1.29 is 4.79 Å². The summed E-state index contributed by atoms with van der Waals surface area (Å²) in [5.74, 6) is -0.0980. The summed E-state index contributed by atoms with van der Waals surface area (Å²) in [7, 11) is 0. The van der Waals surface area contributed by atoms with E-state index < -0.39 is 0 Å². The van der Waals surface area contributed by atoms with Gasteiger partial charge in [0.25, 0.3) is 0 Å². The predicted octanol–water partition coefficient (Wildman–Crippen LogP) is 2.80. The lowest BCUT2D eigenvalue weighted by atomic mass is 9.94. The van der Waals surface area contributed by atoms with Crippen molar-refractivity contribution in [3.05, 3.63) is 22.4 Å². The predicted molar refractivity (Wildman–Crippen MR) is 83.0 cm³/mol. The lowest BCUT2D eigenvalue weighted by Gasteiger charge is -2.28. The maximum atomic E-state index is 12.7. The molecule has 1 unspecified atom stereocenters. The molecule has 5 heteroatoms. The third kappa shape index (κ3) is 3.54. The Hall–Kier alpha value is -0.940. The second-order valence-corrected chi connectivity index (χ2v) is 6.70. The van der Waals surface area contributed by atoms with Crippen molar-refractivity contribution in [2.24, 2.45) is 17.6 Å². The molecule has 2 rings (SSSR count). The number of carbonyl (C=O) groups is 1. The topological polar surface area (TPSA) is 46.3 Å². The molecule has 3 nitrogen and oxygen atoms in total. The number of rotatable bonds is 6. The minimum atomic E-state index is -0.339. The van der Waals surface area contributed by atoms with Gasteiger partial charge in [0.05, 0.1) is 10.9 Å². The Morgan fingerprint density at radius 1 is 1.58 bits per heavy atom. The van der Waals surface area contributed by atoms with Gasteiger partial charge in [-0.15, -0.1) is 0 Å². The van der Waals surface area contributed by atoms with E-state index in [0.717, 1.165) is 12.8 Å². The first-order chi connectivity index (χ1) is 9.00. The number of carbonyl (C=O) groups excluding carboxylic acids is 1. The van der Waals surface area contributed by atoms with Crippen LogP contribution in [0.25, 0.3) is 0 Å². The van der Waals surface area contributed by atoms with Gasteiger partial charge in [-0.25, -0.2) is 0 Å². The molecule has 0 saturated heterocycles. The molecular formula is C14H20N2OS2. The van der Waals surface area contributed by atoms with Gasteiger partial charge in [0.15, 0.2) is 0 Å². The van der Waals surface area contributed by atoms with Crippen LogP contribution in [0, 0.1) is 11.8 Å². The van der Waals surface area contributed by atoms with E-state index in [-0.39, 0.29) is 17.7 Å². The van der Waals surface area contributed by atoms with Crippen LogP contribution in [0.15, 0.2) is 16.8 Å². The highest BCUT2D eigenvalue weighted by molar-refractivity contribution is 7.80. The Morgan fingerprint density at radius 2 is 2.26 bits per heavy atom. The van der Waals surface area contributed by atoms with Crippen LogP contribution >= 0.6 is 23.6 Å². The summed E-state index contributed by atoms with van der Waals surface area (Å²) >= 11 is 6.73. The summed E-state index contributed by atoms with van der Waals surface area (Å²) in [5, 5.41) is 4.13. The van der Waals surface area contributed by atoms with E-state index in [1.165, 1.54) is 5.56 Å². The number of nitrogens with zero attached hydrogens (tertiary/aromatic N) is 1. The van der Waals surface area contributed by atoms with Gasteiger partial charge in [-0.2, -0.15) is 11.3 Å². The first kappa shape index (κ1) is 14.5. The normalized spacial score (nSPS) is 16.4. The highest BCUT2D eigenvalue weighted by Crippen LogP contribution is 2.31. The second kappa shape index (κ2) is 6.01. The molecule has 1 amide bonds. The maximum Gasteiger partial charge on any atom is 0.233 e. The van der Waals surface area contributed by atoms with Gasteiger partial charge in [-0.3, -0.25) is 4.79 Å². The van der Waals surface area contributed by atoms with E-state index in [4.69, 9.17) is 18.0 Å². The van der Waals surface area contributed by atoms with E-state index in [1.54, 1.807) is 11.3 Å². The van der Waals surface area contributed by atoms with Gasteiger partial charge in [-0.1, -0.05) is 26.1 Å². The van der Waals surface area contributed by atoms with Gasteiger partial charge in [-0.05, 0) is 41.1 Å². The molecule has 0 radical (unpaired) electrons. The summed E-state index contributed by atoms with van der Waals surface area (Å²) in [6.07, 6.45) is 2.19. The van der Waals surface area contributed by atoms with E-state index in [1.807, 2.05) is 24.1 Å². The Bertz CT molecular complexity index is 452. The van der Waals surface area contributed by atoms with Gasteiger partial charge in [0.2, 0.25) is 5.91 Å². The number of nitrogens with two attached hydrogens (primary N) is 1. The lowest BCUT2D eigenvalue weighted by Crippen LogP contribution is -2.44. The van der Waals surface area contributed by atoms with Gasteiger partial charge < -0.3 is 10.6 Å². The smallest absolute Gasteiger partial charge is 0.233 e. The molecular weight excluding hydrogens is 276 g/mol. The molecule has 1 aromatic rings. The average Bonchev–Trinajstić information content (AvgIpc) is 3.02. The maximum absolute atomic E-state index is 12.7. The molecule has 0 aromatic carbocycles. The lowest BCUT2D eigenvalue weighted by molar-refractivity contribution is -0.135. The first-order valence-corrected chi connectivity index (χ1v) is 7.96. The van der Waals surface area contributed by atoms with Crippen LogP contribution in [0.5, 0.6) is 0 Å². The van der Waals surface area contributed by atoms with Crippen molar-refractivity contribution >= 4 is 34.5 Å². The van der Waals surface area contributed by atoms with Crippen molar-refractivity contribution in [1.82, 2.24) is 4.90 Å². The monoisotopic (exact) mass is 296 g/mol. The molecule has 0 bridgehead atoms. The minimum absolute atomic E-state index is 0.0937. The summed E-state index contributed by atoms with van der Waals surface area (Å²) in [5.41, 5.74) is 6.95. The van der Waals surface area contributed by atoms with Crippen LogP contribution in [0.4, 0.5) is 0 Å². The quantitative estimate of drug-likeness (QED) is 0.821. The van der Waals surface area contributed by atoms with Crippen molar-refractivity contribution in [2.45, 2.75) is 39.3 Å². The van der Waals surface area contributed by atoms with Crippen LogP contribution in [0.3, 0.4) is 0 Å². The Kier molecular flexibility index (Phi) is 4.58. The minimum Gasteiger partial charge on any atom is -0.393 e. The zero-order chi connectivity index (χ0) is 14.0. The second-order valence-electron chi connectivity index (χ2n) is 5.45. The molecule has 0 spiro atoms. The fourth-order valence-electron chi connectivity index (χ4n) is 2.27. The van der Waals surface area contributed by atoms with E-state index >= 15 is 0 Å². The molecule has 1 fully saturated rings. The highest BCUT2D eigenvalue weighted by atomic mass is 32.1. The third-order valence-corrected chi connectivity index (χ3v) is 4.43. The van der Waals surface area contributed by atoms with Crippen molar-refractivity contribution in [3.8, 4) is 0 Å². The van der Waals surface area contributed by atoms with E-state index in [9.17, 15) is 4.79 Å². The fraction of sp³-hybridized carbons (Fsp3) is 0.571. The van der Waals surface area contributed by atoms with Gasteiger partial charge >= 0.3 is 0 Å². The van der Waals surface area contributed by atoms with Gasteiger partial charge in [0, 0.05) is 12.6 Å². The fourth-order valence-corrected chi connectivity index (χ4v) is 3.30. The summed E-state index contributed by atoms with van der Waals surface area (Å²) in [4.78, 5) is 15.0. The molecule has 2 N–H and O–H groups in total. The van der Waals surface area contributed by atoms with Crippen LogP contribution in [0.1, 0.15) is 32.3 Å². The average molecular weight is 296 g/mol. The number of hydrogen-bond acceptors (Lipinski definition) is 3. The number of thiophene rings is 1. The van der Waals surface area contributed by atoms with Crippen LogP contribution in [0.2, 0.25) is 0 Å². The molecule has 19 heavy (non-hydrogen) atoms. The van der Waals surface area contributed by atoms with Crippen molar-refractivity contribution in [2.75, 3.05) is 0 Å². The molecule has 1 saturated carbocycles. The van der Waals surface area contributed by atoms with Crippen LogP contribution < -0.4 is 5.73 Å². The molecule has 104 valence electrons. The highest BCUT2D eigenvalue weighted by Gasteiger charge is 2.37. The standard InChI is InChI=1S/C14H20N2OS2/c1-9(2)12(13(15)18)14(17)16(11-3-4-11)7-10-5-6-19-8-10/h5-6,8-9,11-12H,3-4,7H2,1-2H3,(H2,15,18).